The van der Waals surface area contributed by atoms with Gasteiger partial charge in [-0.2, -0.15) is 0 Å². The van der Waals surface area contributed by atoms with Gasteiger partial charge in [0, 0.05) is 18.0 Å². The van der Waals surface area contributed by atoms with Crippen LogP contribution in [0.15, 0.2) is 23.4 Å². The van der Waals surface area contributed by atoms with Crippen molar-refractivity contribution in [1.82, 2.24) is 4.98 Å². The van der Waals surface area contributed by atoms with E-state index >= 15 is 0 Å². The number of nitrogens with two attached hydrogens (primary N) is 1. The molecule has 3 heteroatoms. The Morgan fingerprint density at radius 2 is 2.07 bits per heavy atom. The molecule has 1 rings (SSSR count). The van der Waals surface area contributed by atoms with E-state index in [9.17, 15) is 0 Å². The molecule has 0 aliphatic rings. The Morgan fingerprint density at radius 1 is 1.36 bits per heavy atom. The van der Waals surface area contributed by atoms with Crippen molar-refractivity contribution in [3.8, 4) is 0 Å². The van der Waals surface area contributed by atoms with Gasteiger partial charge in [-0.25, -0.2) is 4.98 Å². The van der Waals surface area contributed by atoms with Crippen LogP contribution in [0, 0.1) is 5.92 Å². The van der Waals surface area contributed by atoms with Crippen LogP contribution < -0.4 is 5.73 Å². The Balaban J connectivity index is 2.55. The number of pyridine rings is 1. The minimum absolute atomic E-state index is 0.0756. The van der Waals surface area contributed by atoms with E-state index in [0.29, 0.717) is 5.92 Å². The van der Waals surface area contributed by atoms with Crippen LogP contribution in [0.5, 0.6) is 0 Å². The standard InChI is InChI=1S/C11H18N2S/c1-8(2)7-14-11-5-4-10(6-13-11)9(3)12/h4-6,8-9H,7,12H2,1-3H3/t9-/m1/s1. The van der Waals surface area contributed by atoms with Crippen LogP contribution >= 0.6 is 11.8 Å². The summed E-state index contributed by atoms with van der Waals surface area (Å²) in [6, 6.07) is 4.18. The minimum Gasteiger partial charge on any atom is -0.324 e. The van der Waals surface area contributed by atoms with E-state index in [1.54, 1.807) is 11.8 Å². The van der Waals surface area contributed by atoms with Gasteiger partial charge in [0.2, 0.25) is 0 Å². The zero-order valence-corrected chi connectivity index (χ0v) is 9.84. The summed E-state index contributed by atoms with van der Waals surface area (Å²) in [5.41, 5.74) is 6.84. The zero-order valence-electron chi connectivity index (χ0n) is 9.03. The summed E-state index contributed by atoms with van der Waals surface area (Å²) in [5, 5.41) is 1.09. The molecule has 0 amide bonds. The summed E-state index contributed by atoms with van der Waals surface area (Å²) in [6.07, 6.45) is 1.87. The van der Waals surface area contributed by atoms with Gasteiger partial charge in [-0.15, -0.1) is 11.8 Å². The quantitative estimate of drug-likeness (QED) is 0.777. The molecule has 0 saturated heterocycles. The van der Waals surface area contributed by atoms with Crippen molar-refractivity contribution in [3.63, 3.8) is 0 Å². The highest BCUT2D eigenvalue weighted by atomic mass is 32.2. The fraction of sp³-hybridized carbons (Fsp3) is 0.545. The SMILES string of the molecule is CC(C)CSc1ccc([C@@H](C)N)cn1. The molecule has 2 nitrogen and oxygen atoms in total. The number of hydrogen-bond acceptors (Lipinski definition) is 3. The van der Waals surface area contributed by atoms with E-state index in [1.165, 1.54) is 0 Å². The first-order chi connectivity index (χ1) is 6.59. The lowest BCUT2D eigenvalue weighted by atomic mass is 10.2. The third kappa shape index (κ3) is 3.68. The largest absolute Gasteiger partial charge is 0.324 e. The molecule has 0 unspecified atom stereocenters. The number of rotatable bonds is 4. The van der Waals surface area contributed by atoms with Crippen LogP contribution in [0.3, 0.4) is 0 Å². The molecule has 2 N–H and O–H groups in total. The molecule has 1 aromatic rings. The van der Waals surface area contributed by atoms with Crippen LogP contribution in [0.25, 0.3) is 0 Å². The van der Waals surface area contributed by atoms with E-state index in [2.05, 4.69) is 24.9 Å². The van der Waals surface area contributed by atoms with Gasteiger partial charge >= 0.3 is 0 Å². The van der Waals surface area contributed by atoms with Crippen LogP contribution in [-0.4, -0.2) is 10.7 Å². The molecular weight excluding hydrogens is 192 g/mol. The van der Waals surface area contributed by atoms with Gasteiger partial charge in [0.05, 0.1) is 5.03 Å². The molecule has 1 aromatic heterocycles. The van der Waals surface area contributed by atoms with E-state index < -0.39 is 0 Å². The topological polar surface area (TPSA) is 38.9 Å². The maximum atomic E-state index is 5.74. The molecule has 1 heterocycles. The summed E-state index contributed by atoms with van der Waals surface area (Å²) in [7, 11) is 0. The Labute approximate surface area is 90.3 Å². The molecule has 14 heavy (non-hydrogen) atoms. The Hall–Kier alpha value is -0.540. The Morgan fingerprint density at radius 3 is 2.50 bits per heavy atom. The summed E-state index contributed by atoms with van der Waals surface area (Å²) in [6.45, 7) is 6.39. The lowest BCUT2D eigenvalue weighted by Gasteiger charge is -2.06. The normalized spacial score (nSPS) is 13.2. The average molecular weight is 210 g/mol. The molecule has 0 bridgehead atoms. The fourth-order valence-electron chi connectivity index (χ4n) is 0.999. The van der Waals surface area contributed by atoms with E-state index in [-0.39, 0.29) is 6.04 Å². The molecule has 0 aliphatic heterocycles. The van der Waals surface area contributed by atoms with Crippen molar-refractivity contribution in [2.24, 2.45) is 11.7 Å². The lowest BCUT2D eigenvalue weighted by molar-refractivity contribution is 0.749. The summed E-state index contributed by atoms with van der Waals surface area (Å²) in [4.78, 5) is 4.35. The zero-order chi connectivity index (χ0) is 10.6. The number of thioether (sulfide) groups is 1. The predicted octanol–water partition coefficient (Wildman–Crippen LogP) is 2.85. The van der Waals surface area contributed by atoms with Gasteiger partial charge in [-0.3, -0.25) is 0 Å². The van der Waals surface area contributed by atoms with E-state index in [1.807, 2.05) is 19.2 Å². The molecule has 0 aliphatic carbocycles. The smallest absolute Gasteiger partial charge is 0.0960 e. The highest BCUT2D eigenvalue weighted by Crippen LogP contribution is 2.19. The first kappa shape index (κ1) is 11.5. The van der Waals surface area contributed by atoms with Gasteiger partial charge in [0.15, 0.2) is 0 Å². The van der Waals surface area contributed by atoms with Crippen molar-refractivity contribution in [3.05, 3.63) is 23.9 Å². The summed E-state index contributed by atoms with van der Waals surface area (Å²) >= 11 is 1.80. The Kier molecular flexibility index (Phi) is 4.42. The number of nitrogens with zero attached hydrogens (tertiary/aromatic N) is 1. The van der Waals surface area contributed by atoms with Gasteiger partial charge in [-0.1, -0.05) is 19.9 Å². The highest BCUT2D eigenvalue weighted by molar-refractivity contribution is 7.99. The monoisotopic (exact) mass is 210 g/mol. The second kappa shape index (κ2) is 5.37. The molecule has 0 fully saturated rings. The average Bonchev–Trinajstić information content (AvgIpc) is 2.15. The second-order valence-corrected chi connectivity index (χ2v) is 4.96. The lowest BCUT2D eigenvalue weighted by Crippen LogP contribution is -2.05. The highest BCUT2D eigenvalue weighted by Gasteiger charge is 2.01. The van der Waals surface area contributed by atoms with Crippen LogP contribution in [0.2, 0.25) is 0 Å². The van der Waals surface area contributed by atoms with Crippen molar-refractivity contribution < 1.29 is 0 Å². The first-order valence-electron chi connectivity index (χ1n) is 4.94. The molecule has 0 saturated carbocycles. The van der Waals surface area contributed by atoms with Crippen molar-refractivity contribution in [1.29, 1.82) is 0 Å². The first-order valence-corrected chi connectivity index (χ1v) is 5.92. The number of aromatic nitrogens is 1. The summed E-state index contributed by atoms with van der Waals surface area (Å²) in [5.74, 6) is 1.82. The third-order valence-corrected chi connectivity index (χ3v) is 3.22. The van der Waals surface area contributed by atoms with Crippen LogP contribution in [0.1, 0.15) is 32.4 Å². The van der Waals surface area contributed by atoms with Gasteiger partial charge in [-0.05, 0) is 24.5 Å². The van der Waals surface area contributed by atoms with E-state index in [0.717, 1.165) is 16.3 Å². The maximum Gasteiger partial charge on any atom is 0.0960 e. The molecule has 0 spiro atoms. The fourth-order valence-corrected chi connectivity index (χ4v) is 1.79. The minimum atomic E-state index is 0.0756. The van der Waals surface area contributed by atoms with Crippen molar-refractivity contribution in [2.45, 2.75) is 31.8 Å². The molecular formula is C11H18N2S. The van der Waals surface area contributed by atoms with Gasteiger partial charge in [0.1, 0.15) is 0 Å². The van der Waals surface area contributed by atoms with Crippen LogP contribution in [-0.2, 0) is 0 Å². The van der Waals surface area contributed by atoms with E-state index in [4.69, 9.17) is 5.73 Å². The van der Waals surface area contributed by atoms with Crippen molar-refractivity contribution in [2.75, 3.05) is 5.75 Å². The van der Waals surface area contributed by atoms with Crippen LogP contribution in [0.4, 0.5) is 0 Å². The summed E-state index contributed by atoms with van der Waals surface area (Å²) < 4.78 is 0. The van der Waals surface area contributed by atoms with Crippen molar-refractivity contribution >= 4 is 11.8 Å². The maximum absolute atomic E-state index is 5.74. The van der Waals surface area contributed by atoms with Gasteiger partial charge in [0.25, 0.3) is 0 Å². The third-order valence-electron chi connectivity index (χ3n) is 1.85. The molecule has 78 valence electrons. The Bertz CT molecular complexity index is 267. The molecule has 0 aromatic carbocycles. The number of hydrogen-bond donors (Lipinski definition) is 1. The second-order valence-electron chi connectivity index (χ2n) is 3.92. The molecule has 0 radical (unpaired) electrons. The molecule has 1 atom stereocenters. The predicted molar refractivity (Wildman–Crippen MR) is 62.4 cm³/mol. The van der Waals surface area contributed by atoms with Gasteiger partial charge < -0.3 is 5.73 Å².